The lowest BCUT2D eigenvalue weighted by Gasteiger charge is -2.28. The van der Waals surface area contributed by atoms with Gasteiger partial charge in [0.05, 0.1) is 35.6 Å². The Hall–Kier alpha value is -4.04. The Morgan fingerprint density at radius 1 is 0.921 bits per heavy atom. The standard InChI is InChI=1S/C30H24ClNO6/c31-24-9-7-21-8-11-25(32-27(21)18-24)10-4-19-2-1-3-23(16-19)30(37-14-15-38-30)13-12-20-5-6-22(28(33)34)17-26(20)29(35)36/h1-11,16-18H,12-15H2,(H,33,34)(H,35,36)/b10-4+. The minimum absolute atomic E-state index is 0.0427. The third kappa shape index (κ3) is 5.45. The minimum Gasteiger partial charge on any atom is -0.478 e. The Balaban J connectivity index is 1.39. The van der Waals surface area contributed by atoms with Gasteiger partial charge in [-0.1, -0.05) is 54.1 Å². The van der Waals surface area contributed by atoms with Gasteiger partial charge in [0.25, 0.3) is 0 Å². The molecule has 8 heteroatoms. The number of rotatable bonds is 8. The van der Waals surface area contributed by atoms with Crippen LogP contribution in [0, 0.1) is 0 Å². The fourth-order valence-electron chi connectivity index (χ4n) is 4.60. The number of aromatic carboxylic acids is 2. The highest BCUT2D eigenvalue weighted by atomic mass is 35.5. The van der Waals surface area contributed by atoms with Crippen molar-refractivity contribution in [2.45, 2.75) is 18.6 Å². The Labute approximate surface area is 223 Å². The maximum Gasteiger partial charge on any atom is 0.335 e. The third-order valence-corrected chi connectivity index (χ3v) is 6.75. The molecule has 1 aliphatic rings. The zero-order valence-electron chi connectivity index (χ0n) is 20.3. The molecular weight excluding hydrogens is 506 g/mol. The number of hydrogen-bond acceptors (Lipinski definition) is 5. The average molecular weight is 530 g/mol. The lowest BCUT2D eigenvalue weighted by molar-refractivity contribution is -0.170. The number of aryl methyl sites for hydroxylation is 1. The van der Waals surface area contributed by atoms with Crippen LogP contribution in [-0.4, -0.2) is 40.3 Å². The predicted molar refractivity (Wildman–Crippen MR) is 144 cm³/mol. The lowest BCUT2D eigenvalue weighted by atomic mass is 9.93. The summed E-state index contributed by atoms with van der Waals surface area (Å²) >= 11 is 6.11. The van der Waals surface area contributed by atoms with Gasteiger partial charge < -0.3 is 19.7 Å². The van der Waals surface area contributed by atoms with E-state index in [1.807, 2.05) is 66.7 Å². The highest BCUT2D eigenvalue weighted by molar-refractivity contribution is 6.31. The molecule has 0 radical (unpaired) electrons. The number of pyridine rings is 1. The number of benzene rings is 3. The molecule has 1 aromatic heterocycles. The van der Waals surface area contributed by atoms with Crippen molar-refractivity contribution < 1.29 is 29.3 Å². The zero-order valence-corrected chi connectivity index (χ0v) is 21.0. The van der Waals surface area contributed by atoms with E-state index in [2.05, 4.69) is 4.98 Å². The number of fused-ring (bicyclic) bond motifs is 1. The van der Waals surface area contributed by atoms with Crippen molar-refractivity contribution in [2.75, 3.05) is 13.2 Å². The van der Waals surface area contributed by atoms with Crippen LogP contribution >= 0.6 is 11.6 Å². The SMILES string of the molecule is O=C(O)c1ccc(CCC2(c3cccc(/C=C/c4ccc5ccc(Cl)cc5n4)c3)OCCO2)c(C(=O)O)c1. The summed E-state index contributed by atoms with van der Waals surface area (Å²) < 4.78 is 12.2. The fraction of sp³-hybridized carbons (Fsp3) is 0.167. The Morgan fingerprint density at radius 2 is 1.71 bits per heavy atom. The topological polar surface area (TPSA) is 106 Å². The normalized spacial score (nSPS) is 14.8. The molecule has 0 saturated carbocycles. The minimum atomic E-state index is -1.18. The number of halogens is 1. The van der Waals surface area contributed by atoms with Crippen LogP contribution in [0.3, 0.4) is 0 Å². The molecule has 0 spiro atoms. The molecule has 0 amide bonds. The van der Waals surface area contributed by atoms with Crippen LogP contribution in [0.1, 0.15) is 49.5 Å². The Kier molecular flexibility index (Phi) is 7.24. The van der Waals surface area contributed by atoms with Crippen molar-refractivity contribution >= 4 is 46.6 Å². The molecule has 1 aliphatic heterocycles. The van der Waals surface area contributed by atoms with E-state index in [-0.39, 0.29) is 11.1 Å². The van der Waals surface area contributed by atoms with Crippen LogP contribution in [0.15, 0.2) is 72.8 Å². The van der Waals surface area contributed by atoms with E-state index in [9.17, 15) is 19.8 Å². The molecular formula is C30H24ClNO6. The van der Waals surface area contributed by atoms with Crippen molar-refractivity contribution in [3.63, 3.8) is 0 Å². The van der Waals surface area contributed by atoms with Gasteiger partial charge in [0.2, 0.25) is 0 Å². The van der Waals surface area contributed by atoms with Crippen LogP contribution in [0.5, 0.6) is 0 Å². The van der Waals surface area contributed by atoms with Crippen LogP contribution in [0.2, 0.25) is 5.02 Å². The Morgan fingerprint density at radius 3 is 2.47 bits per heavy atom. The number of ether oxygens (including phenoxy) is 2. The van der Waals surface area contributed by atoms with Crippen molar-refractivity contribution in [3.8, 4) is 0 Å². The molecule has 192 valence electrons. The molecule has 2 N–H and O–H groups in total. The van der Waals surface area contributed by atoms with E-state index in [0.29, 0.717) is 36.6 Å². The second kappa shape index (κ2) is 10.8. The van der Waals surface area contributed by atoms with Gasteiger partial charge in [-0.05, 0) is 60.0 Å². The van der Waals surface area contributed by atoms with Crippen LogP contribution in [0.4, 0.5) is 0 Å². The zero-order chi connectivity index (χ0) is 26.7. The smallest absolute Gasteiger partial charge is 0.335 e. The van der Waals surface area contributed by atoms with E-state index >= 15 is 0 Å². The van der Waals surface area contributed by atoms with Gasteiger partial charge in [0, 0.05) is 22.4 Å². The number of hydrogen-bond donors (Lipinski definition) is 2. The summed E-state index contributed by atoms with van der Waals surface area (Å²) in [7, 11) is 0. The molecule has 0 unspecified atom stereocenters. The van der Waals surface area contributed by atoms with Crippen molar-refractivity contribution in [2.24, 2.45) is 0 Å². The molecule has 4 aromatic rings. The van der Waals surface area contributed by atoms with Gasteiger partial charge >= 0.3 is 11.9 Å². The highest BCUT2D eigenvalue weighted by Crippen LogP contribution is 2.37. The van der Waals surface area contributed by atoms with Gasteiger partial charge in [0.1, 0.15) is 0 Å². The van der Waals surface area contributed by atoms with Crippen molar-refractivity contribution in [1.29, 1.82) is 0 Å². The second-order valence-corrected chi connectivity index (χ2v) is 9.40. The molecule has 0 atom stereocenters. The molecule has 3 aromatic carbocycles. The summed E-state index contributed by atoms with van der Waals surface area (Å²) in [6.45, 7) is 0.820. The Bertz CT molecular complexity index is 1560. The molecule has 1 saturated heterocycles. The summed E-state index contributed by atoms with van der Waals surface area (Å²) in [6, 6.07) is 21.5. The first-order chi connectivity index (χ1) is 18.3. The average Bonchev–Trinajstić information content (AvgIpc) is 3.40. The van der Waals surface area contributed by atoms with E-state index in [4.69, 9.17) is 21.1 Å². The molecule has 1 fully saturated rings. The van der Waals surface area contributed by atoms with Gasteiger partial charge in [0.15, 0.2) is 5.79 Å². The van der Waals surface area contributed by atoms with Crippen LogP contribution in [-0.2, 0) is 21.7 Å². The summed E-state index contributed by atoms with van der Waals surface area (Å²) in [5.41, 5.74) is 3.74. The van der Waals surface area contributed by atoms with Gasteiger partial charge in [-0.2, -0.15) is 0 Å². The number of nitrogens with zero attached hydrogens (tertiary/aromatic N) is 1. The second-order valence-electron chi connectivity index (χ2n) is 8.96. The van der Waals surface area contributed by atoms with E-state index in [1.165, 1.54) is 12.1 Å². The van der Waals surface area contributed by atoms with Crippen LogP contribution in [0.25, 0.3) is 23.1 Å². The molecule has 0 bridgehead atoms. The number of carboxylic acid groups (broad SMARTS) is 2. The van der Waals surface area contributed by atoms with Crippen molar-refractivity contribution in [3.05, 3.63) is 111 Å². The van der Waals surface area contributed by atoms with Crippen molar-refractivity contribution in [1.82, 2.24) is 4.98 Å². The lowest BCUT2D eigenvalue weighted by Crippen LogP contribution is -2.28. The highest BCUT2D eigenvalue weighted by Gasteiger charge is 2.38. The molecule has 38 heavy (non-hydrogen) atoms. The molecule has 7 nitrogen and oxygen atoms in total. The summed E-state index contributed by atoms with van der Waals surface area (Å²) in [4.78, 5) is 27.7. The van der Waals surface area contributed by atoms with Gasteiger partial charge in [-0.3, -0.25) is 0 Å². The van der Waals surface area contributed by atoms with Crippen LogP contribution < -0.4 is 0 Å². The van der Waals surface area contributed by atoms with E-state index in [0.717, 1.165) is 27.7 Å². The monoisotopic (exact) mass is 529 g/mol. The molecule has 5 rings (SSSR count). The third-order valence-electron chi connectivity index (χ3n) is 6.51. The van der Waals surface area contributed by atoms with Gasteiger partial charge in [-0.15, -0.1) is 0 Å². The number of aromatic nitrogens is 1. The molecule has 0 aliphatic carbocycles. The summed E-state index contributed by atoms with van der Waals surface area (Å²) in [5, 5.41) is 20.5. The van der Waals surface area contributed by atoms with E-state index < -0.39 is 17.7 Å². The van der Waals surface area contributed by atoms with Gasteiger partial charge in [-0.25, -0.2) is 14.6 Å². The molecule has 2 heterocycles. The summed E-state index contributed by atoms with van der Waals surface area (Å²) in [6.07, 6.45) is 4.56. The van der Waals surface area contributed by atoms with E-state index in [1.54, 1.807) is 6.07 Å². The maximum atomic E-state index is 11.8. The number of carbonyl (C=O) groups is 2. The first kappa shape index (κ1) is 25.6. The first-order valence-electron chi connectivity index (χ1n) is 12.1. The largest absolute Gasteiger partial charge is 0.478 e. The quantitative estimate of drug-likeness (QED) is 0.276. The first-order valence-corrected chi connectivity index (χ1v) is 12.4. The predicted octanol–water partition coefficient (Wildman–Crippen LogP) is 6.29. The summed E-state index contributed by atoms with van der Waals surface area (Å²) in [5.74, 6) is -3.39. The maximum absolute atomic E-state index is 11.8. The number of carboxylic acids is 2. The fourth-order valence-corrected chi connectivity index (χ4v) is 4.76.